The van der Waals surface area contributed by atoms with Crippen LogP contribution in [-0.4, -0.2) is 23.8 Å². The number of hydrogen-bond donors (Lipinski definition) is 2. The third-order valence-electron chi connectivity index (χ3n) is 4.01. The molecule has 1 amide bonds. The third kappa shape index (κ3) is 5.81. The van der Waals surface area contributed by atoms with Crippen LogP contribution in [0.4, 0.5) is 4.79 Å². The number of carbonyl (C=O) groups excluding carboxylic acids is 1. The van der Waals surface area contributed by atoms with Crippen LogP contribution in [0.2, 0.25) is 0 Å². The highest BCUT2D eigenvalue weighted by Crippen LogP contribution is 2.26. The molecule has 1 aromatic rings. The molecule has 4 nitrogen and oxygen atoms in total. The Morgan fingerprint density at radius 2 is 1.91 bits per heavy atom. The number of amides is 1. The number of hydrogen-bond acceptors (Lipinski definition) is 3. The summed E-state index contributed by atoms with van der Waals surface area (Å²) in [7, 11) is 0. The number of ether oxygens (including phenoxy) is 1. The maximum Gasteiger partial charge on any atom is 0.407 e. The zero-order valence-corrected chi connectivity index (χ0v) is 15.9. The van der Waals surface area contributed by atoms with Crippen LogP contribution >= 0.6 is 15.9 Å². The SMILES string of the molecule is CC(NC1CCC(NC(=O)OC(C)(C)C)C1)c1ccccc1Br. The fraction of sp³-hybridized carbons (Fsp3) is 0.611. The Kier molecular flexibility index (Phi) is 6.09. The summed E-state index contributed by atoms with van der Waals surface area (Å²) in [5, 5.41) is 6.64. The first-order valence-corrected chi connectivity index (χ1v) is 9.04. The predicted octanol–water partition coefficient (Wildman–Crippen LogP) is 4.55. The van der Waals surface area contributed by atoms with Crippen molar-refractivity contribution in [2.75, 3.05) is 0 Å². The lowest BCUT2D eigenvalue weighted by molar-refractivity contribution is 0.0505. The van der Waals surface area contributed by atoms with E-state index in [1.165, 1.54) is 5.56 Å². The third-order valence-corrected chi connectivity index (χ3v) is 4.73. The highest BCUT2D eigenvalue weighted by atomic mass is 79.9. The lowest BCUT2D eigenvalue weighted by Crippen LogP contribution is -2.39. The van der Waals surface area contributed by atoms with Crippen LogP contribution in [0, 0.1) is 0 Å². The summed E-state index contributed by atoms with van der Waals surface area (Å²) < 4.78 is 6.45. The van der Waals surface area contributed by atoms with Crippen LogP contribution in [-0.2, 0) is 4.74 Å². The molecule has 0 aromatic heterocycles. The molecule has 0 aliphatic heterocycles. The molecule has 128 valence electrons. The first kappa shape index (κ1) is 18.3. The molecule has 3 atom stereocenters. The molecular formula is C18H27BrN2O2. The average molecular weight is 383 g/mol. The second-order valence-corrected chi connectivity index (χ2v) is 8.12. The Labute approximate surface area is 147 Å². The second-order valence-electron chi connectivity index (χ2n) is 7.26. The summed E-state index contributed by atoms with van der Waals surface area (Å²) in [6, 6.07) is 9.15. The van der Waals surface area contributed by atoms with Crippen LogP contribution in [0.5, 0.6) is 0 Å². The van der Waals surface area contributed by atoms with E-state index in [1.54, 1.807) is 0 Å². The molecule has 1 aliphatic rings. The fourth-order valence-electron chi connectivity index (χ4n) is 3.01. The van der Waals surface area contributed by atoms with Crippen LogP contribution < -0.4 is 10.6 Å². The van der Waals surface area contributed by atoms with Gasteiger partial charge in [0.2, 0.25) is 0 Å². The van der Waals surface area contributed by atoms with Gasteiger partial charge >= 0.3 is 6.09 Å². The number of benzene rings is 1. The number of nitrogens with one attached hydrogen (secondary N) is 2. The van der Waals surface area contributed by atoms with Crippen molar-refractivity contribution < 1.29 is 9.53 Å². The first-order chi connectivity index (χ1) is 10.7. The molecule has 5 heteroatoms. The molecule has 0 saturated heterocycles. The van der Waals surface area contributed by atoms with Gasteiger partial charge in [-0.15, -0.1) is 0 Å². The Bertz CT molecular complexity index is 542. The quantitative estimate of drug-likeness (QED) is 0.802. The number of halogens is 1. The van der Waals surface area contributed by atoms with E-state index < -0.39 is 5.60 Å². The minimum absolute atomic E-state index is 0.189. The standard InChI is InChI=1S/C18H27BrN2O2/c1-12(15-7-5-6-8-16(15)19)20-13-9-10-14(11-13)21-17(22)23-18(2,3)4/h5-8,12-14,20H,9-11H2,1-4H3,(H,21,22). The molecule has 2 N–H and O–H groups in total. The van der Waals surface area contributed by atoms with Crippen molar-refractivity contribution in [1.29, 1.82) is 0 Å². The van der Waals surface area contributed by atoms with Crippen molar-refractivity contribution in [1.82, 2.24) is 10.6 Å². The minimum Gasteiger partial charge on any atom is -0.444 e. The van der Waals surface area contributed by atoms with Crippen LogP contribution in [0.3, 0.4) is 0 Å². The largest absolute Gasteiger partial charge is 0.444 e. The van der Waals surface area contributed by atoms with Crippen LogP contribution in [0.25, 0.3) is 0 Å². The predicted molar refractivity (Wildman–Crippen MR) is 96.5 cm³/mol. The van der Waals surface area contributed by atoms with Gasteiger partial charge < -0.3 is 15.4 Å². The van der Waals surface area contributed by atoms with Crippen molar-refractivity contribution in [3.05, 3.63) is 34.3 Å². The molecule has 1 saturated carbocycles. The smallest absolute Gasteiger partial charge is 0.407 e. The van der Waals surface area contributed by atoms with Gasteiger partial charge in [-0.2, -0.15) is 0 Å². The van der Waals surface area contributed by atoms with Crippen LogP contribution in [0.15, 0.2) is 28.7 Å². The van der Waals surface area contributed by atoms with Gasteiger partial charge in [-0.05, 0) is 58.6 Å². The van der Waals surface area contributed by atoms with Gasteiger partial charge in [-0.3, -0.25) is 0 Å². The van der Waals surface area contributed by atoms with Crippen molar-refractivity contribution in [3.8, 4) is 0 Å². The zero-order valence-electron chi connectivity index (χ0n) is 14.4. The summed E-state index contributed by atoms with van der Waals surface area (Å²) in [4.78, 5) is 11.8. The van der Waals surface area contributed by atoms with E-state index in [9.17, 15) is 4.79 Å². The van der Waals surface area contributed by atoms with Crippen molar-refractivity contribution in [2.24, 2.45) is 0 Å². The van der Waals surface area contributed by atoms with E-state index in [4.69, 9.17) is 4.74 Å². The van der Waals surface area contributed by atoms with Crippen molar-refractivity contribution in [3.63, 3.8) is 0 Å². The van der Waals surface area contributed by atoms with E-state index in [0.29, 0.717) is 6.04 Å². The summed E-state index contributed by atoms with van der Waals surface area (Å²) in [6.45, 7) is 7.82. The lowest BCUT2D eigenvalue weighted by atomic mass is 10.1. The highest BCUT2D eigenvalue weighted by molar-refractivity contribution is 9.10. The molecule has 1 fully saturated rings. The van der Waals surface area contributed by atoms with Crippen molar-refractivity contribution in [2.45, 2.75) is 70.7 Å². The Balaban J connectivity index is 1.81. The van der Waals surface area contributed by atoms with E-state index in [1.807, 2.05) is 26.8 Å². The molecule has 2 rings (SSSR count). The maximum absolute atomic E-state index is 11.8. The number of carbonyl (C=O) groups is 1. The Morgan fingerprint density at radius 3 is 2.57 bits per heavy atom. The first-order valence-electron chi connectivity index (χ1n) is 8.24. The number of rotatable bonds is 4. The van der Waals surface area contributed by atoms with Gasteiger partial charge in [0, 0.05) is 22.6 Å². The topological polar surface area (TPSA) is 50.4 Å². The van der Waals surface area contributed by atoms with Gasteiger partial charge in [0.05, 0.1) is 0 Å². The Hall–Kier alpha value is -1.07. The van der Waals surface area contributed by atoms with Crippen LogP contribution in [0.1, 0.15) is 58.6 Å². The molecular weight excluding hydrogens is 356 g/mol. The maximum atomic E-state index is 11.8. The normalized spacial score (nSPS) is 22.7. The monoisotopic (exact) mass is 382 g/mol. The number of alkyl carbamates (subject to hydrolysis) is 1. The summed E-state index contributed by atoms with van der Waals surface area (Å²) in [6.07, 6.45) is 2.67. The van der Waals surface area contributed by atoms with Gasteiger partial charge in [0.15, 0.2) is 0 Å². The van der Waals surface area contributed by atoms with Crippen molar-refractivity contribution >= 4 is 22.0 Å². The zero-order chi connectivity index (χ0) is 17.0. The molecule has 0 bridgehead atoms. The molecule has 3 unspecified atom stereocenters. The van der Waals surface area contributed by atoms with Gasteiger partial charge in [0.1, 0.15) is 5.60 Å². The minimum atomic E-state index is -0.450. The molecule has 0 radical (unpaired) electrons. The summed E-state index contributed by atoms with van der Waals surface area (Å²) in [5.41, 5.74) is 0.810. The highest BCUT2D eigenvalue weighted by Gasteiger charge is 2.28. The van der Waals surface area contributed by atoms with E-state index in [2.05, 4.69) is 51.7 Å². The lowest BCUT2D eigenvalue weighted by Gasteiger charge is -2.23. The van der Waals surface area contributed by atoms with E-state index in [-0.39, 0.29) is 18.2 Å². The molecule has 0 spiro atoms. The van der Waals surface area contributed by atoms with E-state index in [0.717, 1.165) is 23.7 Å². The summed E-state index contributed by atoms with van der Waals surface area (Å²) in [5.74, 6) is 0. The summed E-state index contributed by atoms with van der Waals surface area (Å²) >= 11 is 3.61. The van der Waals surface area contributed by atoms with Gasteiger partial charge in [-0.1, -0.05) is 34.1 Å². The molecule has 1 aromatic carbocycles. The fourth-order valence-corrected chi connectivity index (χ4v) is 3.64. The molecule has 0 heterocycles. The Morgan fingerprint density at radius 1 is 1.26 bits per heavy atom. The molecule has 23 heavy (non-hydrogen) atoms. The van der Waals surface area contributed by atoms with Gasteiger partial charge in [0.25, 0.3) is 0 Å². The second kappa shape index (κ2) is 7.67. The van der Waals surface area contributed by atoms with E-state index >= 15 is 0 Å². The van der Waals surface area contributed by atoms with Gasteiger partial charge in [-0.25, -0.2) is 4.79 Å². The average Bonchev–Trinajstić information content (AvgIpc) is 2.83. The molecule has 1 aliphatic carbocycles.